The second kappa shape index (κ2) is 8.57. The van der Waals surface area contributed by atoms with Gasteiger partial charge in [0.15, 0.2) is 5.60 Å². The van der Waals surface area contributed by atoms with Crippen LogP contribution in [-0.4, -0.2) is 35.7 Å². The maximum absolute atomic E-state index is 12.2. The molecule has 4 fully saturated rings. The van der Waals surface area contributed by atoms with Gasteiger partial charge < -0.3 is 14.2 Å². The highest BCUT2D eigenvalue weighted by Gasteiger charge is 2.68. The molecule has 0 unspecified atom stereocenters. The minimum atomic E-state index is -0.759. The van der Waals surface area contributed by atoms with Gasteiger partial charge in [-0.1, -0.05) is 13.8 Å². The van der Waals surface area contributed by atoms with Crippen LogP contribution in [0.3, 0.4) is 0 Å². The second-order valence-electron chi connectivity index (χ2n) is 11.9. The van der Waals surface area contributed by atoms with E-state index in [4.69, 9.17) is 14.2 Å². The van der Waals surface area contributed by atoms with Gasteiger partial charge in [-0.3, -0.25) is 14.4 Å². The molecule has 4 rings (SSSR count). The number of fused-ring (bicyclic) bond motifs is 5. The highest BCUT2D eigenvalue weighted by molar-refractivity contribution is 5.68. The average Bonchev–Trinajstić information content (AvgIpc) is 3.00. The Labute approximate surface area is 198 Å². The van der Waals surface area contributed by atoms with E-state index in [9.17, 15) is 14.4 Å². The smallest absolute Gasteiger partial charge is 0.303 e. The molecule has 9 atom stereocenters. The van der Waals surface area contributed by atoms with Gasteiger partial charge in [0, 0.05) is 26.2 Å². The number of rotatable bonds is 4. The summed E-state index contributed by atoms with van der Waals surface area (Å²) in [6.45, 7) is 11.1. The van der Waals surface area contributed by atoms with Crippen LogP contribution < -0.4 is 0 Å². The maximum Gasteiger partial charge on any atom is 0.303 e. The summed E-state index contributed by atoms with van der Waals surface area (Å²) < 4.78 is 17.4. The van der Waals surface area contributed by atoms with Gasteiger partial charge in [0.2, 0.25) is 0 Å². The second-order valence-corrected chi connectivity index (χ2v) is 11.9. The van der Waals surface area contributed by atoms with Crippen LogP contribution in [0.15, 0.2) is 0 Å². The van der Waals surface area contributed by atoms with Crippen LogP contribution in [0.5, 0.6) is 0 Å². The third-order valence-electron chi connectivity index (χ3n) is 10.5. The fraction of sp³-hybridized carbons (Fsp3) is 0.889. The fourth-order valence-corrected chi connectivity index (χ4v) is 9.11. The van der Waals surface area contributed by atoms with Gasteiger partial charge in [0.25, 0.3) is 0 Å². The van der Waals surface area contributed by atoms with Crippen molar-refractivity contribution >= 4 is 17.9 Å². The minimum Gasteiger partial charge on any atom is -0.463 e. The lowest BCUT2D eigenvalue weighted by atomic mass is 9.44. The van der Waals surface area contributed by atoms with Crippen molar-refractivity contribution in [3.63, 3.8) is 0 Å². The van der Waals surface area contributed by atoms with Crippen molar-refractivity contribution in [2.45, 2.75) is 117 Å². The lowest BCUT2D eigenvalue weighted by Gasteiger charge is -2.62. The molecule has 0 aliphatic heterocycles. The summed E-state index contributed by atoms with van der Waals surface area (Å²) in [5.41, 5.74) is -0.688. The normalized spacial score (nSPS) is 45.1. The average molecular weight is 463 g/mol. The third kappa shape index (κ3) is 3.89. The van der Waals surface area contributed by atoms with E-state index in [-0.39, 0.29) is 34.8 Å². The first kappa shape index (κ1) is 24.5. The van der Waals surface area contributed by atoms with E-state index in [1.54, 1.807) is 0 Å². The summed E-state index contributed by atoms with van der Waals surface area (Å²) in [5.74, 6) is 1.51. The summed E-state index contributed by atoms with van der Waals surface area (Å²) in [5, 5.41) is 0. The largest absolute Gasteiger partial charge is 0.463 e. The van der Waals surface area contributed by atoms with Crippen molar-refractivity contribution < 1.29 is 28.6 Å². The van der Waals surface area contributed by atoms with Gasteiger partial charge in [0.1, 0.15) is 12.2 Å². The first-order valence-electron chi connectivity index (χ1n) is 13.0. The molecule has 4 aliphatic rings. The van der Waals surface area contributed by atoms with Crippen LogP contribution in [0, 0.1) is 34.5 Å². The molecule has 6 nitrogen and oxygen atoms in total. The van der Waals surface area contributed by atoms with E-state index in [0.29, 0.717) is 23.7 Å². The molecule has 0 aromatic heterocycles. The van der Waals surface area contributed by atoms with Crippen LogP contribution in [0.2, 0.25) is 0 Å². The van der Waals surface area contributed by atoms with Crippen molar-refractivity contribution in [3.05, 3.63) is 0 Å². The molecule has 0 bridgehead atoms. The number of esters is 3. The van der Waals surface area contributed by atoms with Gasteiger partial charge in [0.05, 0.1) is 0 Å². The molecule has 0 saturated heterocycles. The lowest BCUT2D eigenvalue weighted by molar-refractivity contribution is -0.219. The van der Waals surface area contributed by atoms with Gasteiger partial charge in [-0.2, -0.15) is 0 Å². The molecule has 6 heteroatoms. The Morgan fingerprint density at radius 2 is 1.52 bits per heavy atom. The zero-order valence-electron chi connectivity index (χ0n) is 21.3. The standard InChI is InChI=1S/C27H42O6/c1-16(31-17(2)28)27(33-19(4)30)14-11-24-22-8-7-20-15-21(32-18(3)29)9-12-25(20,5)23(22)10-13-26(24,27)6/h16,20-24H,7-15H2,1-6H3/t16-,20-,21-,22-,23+,24+,25-,26-,27+/m0/s1. The van der Waals surface area contributed by atoms with Crippen molar-refractivity contribution in [3.8, 4) is 0 Å². The van der Waals surface area contributed by atoms with Crippen LogP contribution >= 0.6 is 0 Å². The molecular weight excluding hydrogens is 420 g/mol. The summed E-state index contributed by atoms with van der Waals surface area (Å²) in [7, 11) is 0. The monoisotopic (exact) mass is 462 g/mol. The van der Waals surface area contributed by atoms with E-state index in [2.05, 4.69) is 13.8 Å². The van der Waals surface area contributed by atoms with Crippen LogP contribution in [-0.2, 0) is 28.6 Å². The van der Waals surface area contributed by atoms with E-state index >= 15 is 0 Å². The van der Waals surface area contributed by atoms with Gasteiger partial charge in [-0.15, -0.1) is 0 Å². The Morgan fingerprint density at radius 3 is 2.15 bits per heavy atom. The Kier molecular flexibility index (Phi) is 6.37. The first-order valence-corrected chi connectivity index (χ1v) is 13.0. The molecular formula is C27H42O6. The van der Waals surface area contributed by atoms with Gasteiger partial charge in [-0.05, 0) is 93.8 Å². The number of hydrogen-bond donors (Lipinski definition) is 0. The van der Waals surface area contributed by atoms with E-state index in [1.807, 2.05) is 6.92 Å². The summed E-state index contributed by atoms with van der Waals surface area (Å²) in [6.07, 6.45) is 8.85. The molecule has 0 N–H and O–H groups in total. The SMILES string of the molecule is CC(=O)O[C@H]1CC[C@@]2(C)[C@@H](CC[C@H]3[C@H]2CC[C@@]2(C)[C@@H]3CC[C@@]2(OC(C)=O)[C@H](C)OC(C)=O)C1. The predicted octanol–water partition coefficient (Wildman–Crippen LogP) is 5.21. The Hall–Kier alpha value is -1.59. The molecule has 0 radical (unpaired) electrons. The molecule has 4 saturated carbocycles. The molecule has 0 amide bonds. The molecule has 0 heterocycles. The van der Waals surface area contributed by atoms with Gasteiger partial charge >= 0.3 is 17.9 Å². The molecule has 4 aliphatic carbocycles. The Balaban J connectivity index is 1.59. The van der Waals surface area contributed by atoms with Gasteiger partial charge in [-0.25, -0.2) is 0 Å². The third-order valence-corrected chi connectivity index (χ3v) is 10.5. The fourth-order valence-electron chi connectivity index (χ4n) is 9.11. The lowest BCUT2D eigenvalue weighted by Crippen LogP contribution is -2.61. The molecule has 33 heavy (non-hydrogen) atoms. The first-order chi connectivity index (χ1) is 15.4. The summed E-state index contributed by atoms with van der Waals surface area (Å²) >= 11 is 0. The predicted molar refractivity (Wildman–Crippen MR) is 123 cm³/mol. The van der Waals surface area contributed by atoms with Crippen molar-refractivity contribution in [2.75, 3.05) is 0 Å². The van der Waals surface area contributed by atoms with Crippen LogP contribution in [0.4, 0.5) is 0 Å². The molecule has 0 aromatic carbocycles. The number of carbonyl (C=O) groups excluding carboxylic acids is 3. The van der Waals surface area contributed by atoms with E-state index < -0.39 is 11.7 Å². The zero-order valence-corrected chi connectivity index (χ0v) is 21.3. The Bertz CT molecular complexity index is 808. The summed E-state index contributed by atoms with van der Waals surface area (Å²) in [6, 6.07) is 0. The highest BCUT2D eigenvalue weighted by atomic mass is 16.6. The van der Waals surface area contributed by atoms with Crippen molar-refractivity contribution in [1.82, 2.24) is 0 Å². The molecule has 0 spiro atoms. The quantitative estimate of drug-likeness (QED) is 0.421. The van der Waals surface area contributed by atoms with Crippen molar-refractivity contribution in [2.24, 2.45) is 34.5 Å². The van der Waals surface area contributed by atoms with E-state index in [1.165, 1.54) is 33.6 Å². The van der Waals surface area contributed by atoms with Crippen molar-refractivity contribution in [1.29, 1.82) is 0 Å². The number of carbonyl (C=O) groups is 3. The maximum atomic E-state index is 12.2. The zero-order chi connectivity index (χ0) is 24.2. The topological polar surface area (TPSA) is 78.9 Å². The van der Waals surface area contributed by atoms with Crippen LogP contribution in [0.1, 0.15) is 99.3 Å². The number of ether oxygens (including phenoxy) is 3. The van der Waals surface area contributed by atoms with Crippen LogP contribution in [0.25, 0.3) is 0 Å². The molecule has 0 aromatic rings. The number of hydrogen-bond acceptors (Lipinski definition) is 6. The summed E-state index contributed by atoms with van der Waals surface area (Å²) in [4.78, 5) is 35.6. The Morgan fingerprint density at radius 1 is 0.818 bits per heavy atom. The van der Waals surface area contributed by atoms with E-state index in [0.717, 1.165) is 44.9 Å². The highest BCUT2D eigenvalue weighted by Crippen LogP contribution is 2.69. The minimum absolute atomic E-state index is 0.0682. The molecule has 186 valence electrons.